The van der Waals surface area contributed by atoms with E-state index in [4.69, 9.17) is 9.47 Å². The number of amides is 2. The van der Waals surface area contributed by atoms with E-state index in [1.807, 2.05) is 35.2 Å². The molecule has 3 fully saturated rings. The van der Waals surface area contributed by atoms with Crippen molar-refractivity contribution < 1.29 is 14.3 Å². The first kappa shape index (κ1) is 17.6. The van der Waals surface area contributed by atoms with E-state index in [0.29, 0.717) is 6.54 Å². The Morgan fingerprint density at radius 2 is 1.96 bits per heavy atom. The van der Waals surface area contributed by atoms with E-state index >= 15 is 0 Å². The van der Waals surface area contributed by atoms with Crippen LogP contribution in [0.4, 0.5) is 4.79 Å². The fourth-order valence-corrected chi connectivity index (χ4v) is 3.88. The van der Waals surface area contributed by atoms with Crippen LogP contribution in [0.1, 0.15) is 19.3 Å². The van der Waals surface area contributed by atoms with Crippen molar-refractivity contribution in [1.29, 1.82) is 0 Å². The fraction of sp³-hybridized carbons (Fsp3) is 0.650. The van der Waals surface area contributed by atoms with Crippen LogP contribution in [0.2, 0.25) is 0 Å². The molecule has 1 aromatic carbocycles. The summed E-state index contributed by atoms with van der Waals surface area (Å²) in [6.07, 6.45) is 3.40. The molecule has 0 unspecified atom stereocenters. The molecule has 0 radical (unpaired) electrons. The van der Waals surface area contributed by atoms with Crippen molar-refractivity contribution >= 4 is 6.03 Å². The SMILES string of the molecule is O=C(NCC1(CN2CCOCC2)CC1)N1CC[C@H](Oc2ccccc2)C1. The maximum Gasteiger partial charge on any atom is 0.317 e. The number of benzene rings is 1. The van der Waals surface area contributed by atoms with Gasteiger partial charge in [0.1, 0.15) is 11.9 Å². The van der Waals surface area contributed by atoms with E-state index in [-0.39, 0.29) is 17.6 Å². The highest BCUT2D eigenvalue weighted by Crippen LogP contribution is 2.45. The Bertz CT molecular complexity index is 600. The fourth-order valence-electron chi connectivity index (χ4n) is 3.88. The molecular weight excluding hydrogens is 330 g/mol. The lowest BCUT2D eigenvalue weighted by Crippen LogP contribution is -2.45. The minimum atomic E-state index is 0.0532. The molecule has 26 heavy (non-hydrogen) atoms. The molecule has 3 aliphatic rings. The van der Waals surface area contributed by atoms with Gasteiger partial charge < -0.3 is 19.7 Å². The molecule has 1 atom stereocenters. The van der Waals surface area contributed by atoms with Crippen LogP contribution in [0.25, 0.3) is 0 Å². The molecule has 2 amide bonds. The summed E-state index contributed by atoms with van der Waals surface area (Å²) in [6.45, 7) is 6.98. The second-order valence-corrected chi connectivity index (χ2v) is 7.83. The average molecular weight is 359 g/mol. The number of hydrogen-bond acceptors (Lipinski definition) is 4. The van der Waals surface area contributed by atoms with Gasteiger partial charge in [-0.1, -0.05) is 18.2 Å². The second-order valence-electron chi connectivity index (χ2n) is 7.83. The van der Waals surface area contributed by atoms with Crippen LogP contribution in [-0.2, 0) is 4.74 Å². The molecule has 1 aliphatic carbocycles. The summed E-state index contributed by atoms with van der Waals surface area (Å²) in [5.74, 6) is 0.877. The average Bonchev–Trinajstić information content (AvgIpc) is 3.28. The van der Waals surface area contributed by atoms with E-state index < -0.39 is 0 Å². The number of nitrogens with one attached hydrogen (secondary N) is 1. The van der Waals surface area contributed by atoms with Crippen LogP contribution in [0.5, 0.6) is 5.75 Å². The third-order valence-corrected chi connectivity index (χ3v) is 5.71. The van der Waals surface area contributed by atoms with Crippen LogP contribution in [0.15, 0.2) is 30.3 Å². The highest BCUT2D eigenvalue weighted by atomic mass is 16.5. The van der Waals surface area contributed by atoms with E-state index in [2.05, 4.69) is 10.2 Å². The van der Waals surface area contributed by atoms with Crippen LogP contribution in [-0.4, -0.2) is 74.4 Å². The van der Waals surface area contributed by atoms with Crippen molar-refractivity contribution in [2.45, 2.75) is 25.4 Å². The Balaban J connectivity index is 1.20. The second kappa shape index (κ2) is 7.84. The minimum Gasteiger partial charge on any atom is -0.489 e. The maximum atomic E-state index is 12.5. The predicted molar refractivity (Wildman–Crippen MR) is 99.4 cm³/mol. The molecule has 1 aromatic rings. The number of morpholine rings is 1. The topological polar surface area (TPSA) is 54.0 Å². The summed E-state index contributed by atoms with van der Waals surface area (Å²) < 4.78 is 11.4. The van der Waals surface area contributed by atoms with Gasteiger partial charge in [-0.3, -0.25) is 4.90 Å². The van der Waals surface area contributed by atoms with Crippen LogP contribution in [0, 0.1) is 5.41 Å². The highest BCUT2D eigenvalue weighted by Gasteiger charge is 2.44. The molecule has 2 saturated heterocycles. The molecule has 1 N–H and O–H groups in total. The number of likely N-dealkylation sites (tertiary alicyclic amines) is 1. The van der Waals surface area contributed by atoms with Gasteiger partial charge in [-0.2, -0.15) is 0 Å². The number of nitrogens with zero attached hydrogens (tertiary/aromatic N) is 2. The van der Waals surface area contributed by atoms with Gasteiger partial charge in [0.2, 0.25) is 0 Å². The number of carbonyl (C=O) groups excluding carboxylic acids is 1. The van der Waals surface area contributed by atoms with E-state index in [1.54, 1.807) is 0 Å². The number of rotatable bonds is 6. The number of ether oxygens (including phenoxy) is 2. The Hall–Kier alpha value is -1.79. The number of hydrogen-bond donors (Lipinski definition) is 1. The van der Waals surface area contributed by atoms with Gasteiger partial charge in [0.25, 0.3) is 0 Å². The molecule has 0 aromatic heterocycles. The molecule has 142 valence electrons. The zero-order valence-corrected chi connectivity index (χ0v) is 15.4. The van der Waals surface area contributed by atoms with Crippen molar-refractivity contribution in [2.75, 3.05) is 52.5 Å². The smallest absolute Gasteiger partial charge is 0.317 e. The summed E-state index contributed by atoms with van der Waals surface area (Å²) in [4.78, 5) is 16.9. The zero-order chi connectivity index (χ0) is 17.8. The summed E-state index contributed by atoms with van der Waals surface area (Å²) in [6, 6.07) is 9.90. The van der Waals surface area contributed by atoms with Crippen LogP contribution in [0.3, 0.4) is 0 Å². The van der Waals surface area contributed by atoms with Gasteiger partial charge in [0.15, 0.2) is 0 Å². The molecule has 0 spiro atoms. The molecule has 2 aliphatic heterocycles. The monoisotopic (exact) mass is 359 g/mol. The number of para-hydroxylation sites is 1. The Kier molecular flexibility index (Phi) is 5.31. The van der Waals surface area contributed by atoms with E-state index in [1.165, 1.54) is 12.8 Å². The Morgan fingerprint density at radius 3 is 2.69 bits per heavy atom. The van der Waals surface area contributed by atoms with Crippen molar-refractivity contribution in [3.05, 3.63) is 30.3 Å². The van der Waals surface area contributed by atoms with Crippen molar-refractivity contribution in [1.82, 2.24) is 15.1 Å². The molecule has 2 heterocycles. The molecular formula is C20H29N3O3. The molecule has 6 heteroatoms. The lowest BCUT2D eigenvalue weighted by Gasteiger charge is -2.31. The zero-order valence-electron chi connectivity index (χ0n) is 15.4. The third-order valence-electron chi connectivity index (χ3n) is 5.71. The van der Waals surface area contributed by atoms with Crippen molar-refractivity contribution in [3.63, 3.8) is 0 Å². The summed E-state index contributed by atoms with van der Waals surface area (Å²) >= 11 is 0. The Morgan fingerprint density at radius 1 is 1.19 bits per heavy atom. The molecule has 0 bridgehead atoms. The Labute approximate surface area is 155 Å². The van der Waals surface area contributed by atoms with E-state index in [9.17, 15) is 4.79 Å². The number of carbonyl (C=O) groups is 1. The summed E-state index contributed by atoms with van der Waals surface area (Å²) in [5, 5.41) is 3.17. The van der Waals surface area contributed by atoms with Gasteiger partial charge in [0, 0.05) is 44.6 Å². The van der Waals surface area contributed by atoms with Gasteiger partial charge in [-0.15, -0.1) is 0 Å². The first-order valence-corrected chi connectivity index (χ1v) is 9.77. The molecule has 1 saturated carbocycles. The highest BCUT2D eigenvalue weighted by molar-refractivity contribution is 5.74. The van der Waals surface area contributed by atoms with Crippen molar-refractivity contribution in [3.8, 4) is 5.75 Å². The quantitative estimate of drug-likeness (QED) is 0.844. The minimum absolute atomic E-state index is 0.0532. The lowest BCUT2D eigenvalue weighted by atomic mass is 10.1. The molecule has 6 nitrogen and oxygen atoms in total. The third kappa shape index (κ3) is 4.48. The first-order chi connectivity index (χ1) is 12.7. The first-order valence-electron chi connectivity index (χ1n) is 9.77. The lowest BCUT2D eigenvalue weighted by molar-refractivity contribution is 0.0285. The molecule has 4 rings (SSSR count). The van der Waals surface area contributed by atoms with Crippen molar-refractivity contribution in [2.24, 2.45) is 5.41 Å². The van der Waals surface area contributed by atoms with Gasteiger partial charge in [-0.25, -0.2) is 4.79 Å². The standard InChI is InChI=1S/C20H29N3O3/c24-19(21-15-20(7-8-20)16-22-10-12-25-13-11-22)23-9-6-18(14-23)26-17-4-2-1-3-5-17/h1-5,18H,6-16H2,(H,21,24)/t18-/m0/s1. The number of urea groups is 1. The largest absolute Gasteiger partial charge is 0.489 e. The summed E-state index contributed by atoms with van der Waals surface area (Å²) in [5.41, 5.74) is 0.284. The normalized spacial score (nSPS) is 25.1. The van der Waals surface area contributed by atoms with Gasteiger partial charge in [0.05, 0.1) is 19.8 Å². The van der Waals surface area contributed by atoms with Crippen LogP contribution < -0.4 is 10.1 Å². The van der Waals surface area contributed by atoms with Gasteiger partial charge in [-0.05, 0) is 25.0 Å². The summed E-state index contributed by atoms with van der Waals surface area (Å²) in [7, 11) is 0. The predicted octanol–water partition coefficient (Wildman–Crippen LogP) is 1.96. The van der Waals surface area contributed by atoms with Gasteiger partial charge >= 0.3 is 6.03 Å². The van der Waals surface area contributed by atoms with E-state index in [0.717, 1.165) is 58.1 Å². The maximum absolute atomic E-state index is 12.5. The van der Waals surface area contributed by atoms with Crippen LogP contribution >= 0.6 is 0 Å².